The highest BCUT2D eigenvalue weighted by atomic mass is 16.2. The average Bonchev–Trinajstić information content (AvgIpc) is 2.97. The van der Waals surface area contributed by atoms with Crippen LogP contribution in [-0.2, 0) is 17.9 Å². The summed E-state index contributed by atoms with van der Waals surface area (Å²) >= 11 is 0. The van der Waals surface area contributed by atoms with Gasteiger partial charge in [-0.05, 0) is 36.0 Å². The smallest absolute Gasteiger partial charge is 0.226 e. The second-order valence-electron chi connectivity index (χ2n) is 6.57. The number of hydrogen-bond donors (Lipinski definition) is 1. The van der Waals surface area contributed by atoms with Gasteiger partial charge in [-0.2, -0.15) is 0 Å². The van der Waals surface area contributed by atoms with Crippen LogP contribution in [0.2, 0.25) is 0 Å². The zero-order valence-corrected chi connectivity index (χ0v) is 13.0. The number of rotatable bonds is 3. The average molecular weight is 286 g/mol. The van der Waals surface area contributed by atoms with Gasteiger partial charge in [0.2, 0.25) is 5.91 Å². The predicted molar refractivity (Wildman–Crippen MR) is 84.5 cm³/mol. The molecule has 3 nitrogen and oxygen atoms in total. The Hall–Kier alpha value is -1.35. The maximum atomic E-state index is 12.6. The second-order valence-corrected chi connectivity index (χ2v) is 6.57. The fourth-order valence-corrected chi connectivity index (χ4v) is 3.64. The molecule has 21 heavy (non-hydrogen) atoms. The van der Waals surface area contributed by atoms with E-state index in [1.54, 1.807) is 0 Å². The number of carbonyl (C=O) groups is 1. The first-order valence-corrected chi connectivity index (χ1v) is 8.35. The Morgan fingerprint density at radius 3 is 2.67 bits per heavy atom. The van der Waals surface area contributed by atoms with Crippen LogP contribution in [0.4, 0.5) is 0 Å². The van der Waals surface area contributed by atoms with Gasteiger partial charge in [0.1, 0.15) is 0 Å². The molecule has 1 aromatic carbocycles. The van der Waals surface area contributed by atoms with Crippen LogP contribution in [0.25, 0.3) is 0 Å². The highest BCUT2D eigenvalue weighted by Gasteiger charge is 2.30. The van der Waals surface area contributed by atoms with Gasteiger partial charge < -0.3 is 10.6 Å². The summed E-state index contributed by atoms with van der Waals surface area (Å²) in [6, 6.07) is 6.60. The van der Waals surface area contributed by atoms with Gasteiger partial charge in [-0.3, -0.25) is 4.79 Å². The van der Waals surface area contributed by atoms with Crippen molar-refractivity contribution in [3.8, 4) is 0 Å². The van der Waals surface area contributed by atoms with E-state index in [2.05, 4.69) is 25.1 Å². The summed E-state index contributed by atoms with van der Waals surface area (Å²) in [4.78, 5) is 14.7. The monoisotopic (exact) mass is 286 g/mol. The number of carbonyl (C=O) groups excluding carboxylic acids is 1. The third-order valence-electron chi connectivity index (χ3n) is 5.09. The molecule has 1 unspecified atom stereocenters. The van der Waals surface area contributed by atoms with Crippen molar-refractivity contribution in [3.05, 3.63) is 34.9 Å². The molecule has 1 atom stereocenters. The van der Waals surface area contributed by atoms with Crippen molar-refractivity contribution < 1.29 is 4.79 Å². The standard InChI is InChI=1S/C18H26N2O/c1-2-17(19)14-8-9-15-11-20(12-16(15)10-14)18(21)13-6-4-3-5-7-13/h8-10,13,17H,2-7,11-12,19H2,1H3. The minimum absolute atomic E-state index is 0.110. The number of nitrogens with two attached hydrogens (primary N) is 1. The normalized spacial score (nSPS) is 20.4. The van der Waals surface area contributed by atoms with Crippen LogP contribution in [0, 0.1) is 5.92 Å². The Morgan fingerprint density at radius 1 is 1.24 bits per heavy atom. The summed E-state index contributed by atoms with van der Waals surface area (Å²) in [6.07, 6.45) is 6.83. The molecule has 3 rings (SSSR count). The SMILES string of the molecule is CCC(N)c1ccc2c(c1)CN(C(=O)C1CCCCC1)C2. The number of benzene rings is 1. The molecule has 1 amide bonds. The van der Waals surface area contributed by atoms with Crippen LogP contribution in [0.3, 0.4) is 0 Å². The van der Waals surface area contributed by atoms with E-state index < -0.39 is 0 Å². The summed E-state index contributed by atoms with van der Waals surface area (Å²) in [6.45, 7) is 3.66. The maximum absolute atomic E-state index is 12.6. The van der Waals surface area contributed by atoms with Crippen LogP contribution in [0.15, 0.2) is 18.2 Å². The van der Waals surface area contributed by atoms with Gasteiger partial charge in [0.15, 0.2) is 0 Å². The second kappa shape index (κ2) is 6.18. The molecule has 1 aromatic rings. The minimum Gasteiger partial charge on any atom is -0.334 e. The van der Waals surface area contributed by atoms with Crippen LogP contribution in [-0.4, -0.2) is 10.8 Å². The van der Waals surface area contributed by atoms with E-state index in [1.807, 2.05) is 4.90 Å². The lowest BCUT2D eigenvalue weighted by molar-refractivity contribution is -0.137. The zero-order valence-electron chi connectivity index (χ0n) is 13.0. The van der Waals surface area contributed by atoms with Gasteiger partial charge in [0.05, 0.1) is 0 Å². The molecule has 1 aliphatic heterocycles. The van der Waals surface area contributed by atoms with Crippen molar-refractivity contribution in [2.75, 3.05) is 0 Å². The van der Waals surface area contributed by atoms with E-state index in [0.29, 0.717) is 5.91 Å². The number of nitrogens with zero attached hydrogens (tertiary/aromatic N) is 1. The molecule has 3 heteroatoms. The Morgan fingerprint density at radius 2 is 1.95 bits per heavy atom. The number of amides is 1. The van der Waals surface area contributed by atoms with E-state index in [4.69, 9.17) is 5.73 Å². The number of hydrogen-bond acceptors (Lipinski definition) is 2. The lowest BCUT2D eigenvalue weighted by Gasteiger charge is -2.25. The predicted octanol–water partition coefficient (Wildman–Crippen LogP) is 3.52. The summed E-state index contributed by atoms with van der Waals surface area (Å²) in [7, 11) is 0. The summed E-state index contributed by atoms with van der Waals surface area (Å²) < 4.78 is 0. The number of fused-ring (bicyclic) bond motifs is 1. The molecular formula is C18H26N2O. The fraction of sp³-hybridized carbons (Fsp3) is 0.611. The maximum Gasteiger partial charge on any atom is 0.226 e. The van der Waals surface area contributed by atoms with Crippen LogP contribution in [0.1, 0.15) is 68.2 Å². The van der Waals surface area contributed by atoms with Gasteiger partial charge in [-0.15, -0.1) is 0 Å². The highest BCUT2D eigenvalue weighted by molar-refractivity contribution is 5.79. The van der Waals surface area contributed by atoms with Crippen molar-refractivity contribution in [3.63, 3.8) is 0 Å². The first kappa shape index (κ1) is 14.6. The van der Waals surface area contributed by atoms with E-state index in [1.165, 1.54) is 36.0 Å². The van der Waals surface area contributed by atoms with E-state index in [-0.39, 0.29) is 12.0 Å². The molecule has 1 aliphatic carbocycles. The minimum atomic E-state index is 0.110. The molecule has 0 saturated heterocycles. The first-order valence-electron chi connectivity index (χ1n) is 8.35. The van der Waals surface area contributed by atoms with Crippen LogP contribution in [0.5, 0.6) is 0 Å². The Kier molecular flexibility index (Phi) is 4.29. The van der Waals surface area contributed by atoms with E-state index in [9.17, 15) is 4.79 Å². The molecule has 2 N–H and O–H groups in total. The van der Waals surface area contributed by atoms with Crippen molar-refractivity contribution >= 4 is 5.91 Å². The fourth-order valence-electron chi connectivity index (χ4n) is 3.64. The molecule has 1 saturated carbocycles. The summed E-state index contributed by atoms with van der Waals surface area (Å²) in [5.74, 6) is 0.637. The topological polar surface area (TPSA) is 46.3 Å². The summed E-state index contributed by atoms with van der Waals surface area (Å²) in [5, 5.41) is 0. The largest absolute Gasteiger partial charge is 0.334 e. The van der Waals surface area contributed by atoms with Crippen molar-refractivity contribution in [1.29, 1.82) is 0 Å². The third kappa shape index (κ3) is 2.98. The lowest BCUT2D eigenvalue weighted by Crippen LogP contribution is -2.33. The first-order chi connectivity index (χ1) is 10.2. The summed E-state index contributed by atoms with van der Waals surface area (Å²) in [5.41, 5.74) is 9.91. The molecule has 0 radical (unpaired) electrons. The molecule has 0 spiro atoms. The highest BCUT2D eigenvalue weighted by Crippen LogP contribution is 2.31. The molecule has 1 fully saturated rings. The van der Waals surface area contributed by atoms with Crippen LogP contribution < -0.4 is 5.73 Å². The Balaban J connectivity index is 1.70. The third-order valence-corrected chi connectivity index (χ3v) is 5.09. The Labute approximate surface area is 127 Å². The van der Waals surface area contributed by atoms with E-state index in [0.717, 1.165) is 32.4 Å². The quantitative estimate of drug-likeness (QED) is 0.924. The Bertz CT molecular complexity index is 520. The molecular weight excluding hydrogens is 260 g/mol. The zero-order chi connectivity index (χ0) is 14.8. The molecule has 114 valence electrons. The van der Waals surface area contributed by atoms with Gasteiger partial charge in [0.25, 0.3) is 0 Å². The van der Waals surface area contributed by atoms with Gasteiger partial charge in [-0.1, -0.05) is 44.4 Å². The molecule has 2 aliphatic rings. The molecule has 1 heterocycles. The lowest BCUT2D eigenvalue weighted by atomic mass is 9.88. The van der Waals surface area contributed by atoms with Gasteiger partial charge in [0, 0.05) is 25.0 Å². The van der Waals surface area contributed by atoms with Gasteiger partial charge in [-0.25, -0.2) is 0 Å². The van der Waals surface area contributed by atoms with Crippen LogP contribution >= 0.6 is 0 Å². The van der Waals surface area contributed by atoms with Gasteiger partial charge >= 0.3 is 0 Å². The van der Waals surface area contributed by atoms with Crippen molar-refractivity contribution in [2.24, 2.45) is 11.7 Å². The van der Waals surface area contributed by atoms with E-state index >= 15 is 0 Å². The van der Waals surface area contributed by atoms with Crippen molar-refractivity contribution in [2.45, 2.75) is 64.6 Å². The van der Waals surface area contributed by atoms with Crippen molar-refractivity contribution in [1.82, 2.24) is 4.90 Å². The molecule has 0 bridgehead atoms. The molecule has 0 aromatic heterocycles.